The molecule has 27 heavy (non-hydrogen) atoms. The summed E-state index contributed by atoms with van der Waals surface area (Å²) in [5.74, 6) is 1.54. The van der Waals surface area contributed by atoms with E-state index in [4.69, 9.17) is 20.0 Å². The van der Waals surface area contributed by atoms with Crippen molar-refractivity contribution in [3.05, 3.63) is 59.2 Å². The topological polar surface area (TPSA) is 69.3 Å². The number of anilines is 1. The van der Waals surface area contributed by atoms with E-state index in [9.17, 15) is 0 Å². The summed E-state index contributed by atoms with van der Waals surface area (Å²) in [4.78, 5) is 2.18. The Kier molecular flexibility index (Phi) is 7.28. The van der Waals surface area contributed by atoms with Gasteiger partial charge in [0.05, 0.1) is 19.3 Å². The SMILES string of the molecule is CCN(CCOc1ccccc1)c1cc(C)c(C=C(C#N)C#N)cc1OC. The highest BCUT2D eigenvalue weighted by molar-refractivity contribution is 5.71. The summed E-state index contributed by atoms with van der Waals surface area (Å²) >= 11 is 0. The molecule has 2 aromatic carbocycles. The van der Waals surface area contributed by atoms with E-state index < -0.39 is 0 Å². The molecule has 0 N–H and O–H groups in total. The summed E-state index contributed by atoms with van der Waals surface area (Å²) < 4.78 is 11.4. The van der Waals surface area contributed by atoms with Crippen molar-refractivity contribution in [2.45, 2.75) is 13.8 Å². The number of allylic oxidation sites excluding steroid dienone is 1. The van der Waals surface area contributed by atoms with E-state index in [2.05, 4.69) is 11.8 Å². The number of likely N-dealkylation sites (N-methyl/N-ethyl adjacent to an activating group) is 1. The second-order valence-corrected chi connectivity index (χ2v) is 5.90. The number of para-hydroxylation sites is 1. The van der Waals surface area contributed by atoms with E-state index >= 15 is 0 Å². The molecule has 2 rings (SSSR count). The van der Waals surface area contributed by atoms with Gasteiger partial charge in [-0.25, -0.2) is 0 Å². The zero-order valence-electron chi connectivity index (χ0n) is 15.9. The fourth-order valence-corrected chi connectivity index (χ4v) is 2.74. The van der Waals surface area contributed by atoms with Crippen LogP contribution >= 0.6 is 0 Å². The van der Waals surface area contributed by atoms with Crippen LogP contribution in [-0.4, -0.2) is 26.8 Å². The van der Waals surface area contributed by atoms with Gasteiger partial charge in [-0.15, -0.1) is 0 Å². The van der Waals surface area contributed by atoms with E-state index in [1.165, 1.54) is 0 Å². The predicted octanol–water partition coefficient (Wildman–Crippen LogP) is 4.34. The zero-order valence-corrected chi connectivity index (χ0v) is 15.9. The van der Waals surface area contributed by atoms with Gasteiger partial charge in [-0.3, -0.25) is 0 Å². The Morgan fingerprint density at radius 1 is 1.15 bits per heavy atom. The fourth-order valence-electron chi connectivity index (χ4n) is 2.74. The first-order chi connectivity index (χ1) is 13.1. The van der Waals surface area contributed by atoms with E-state index in [1.807, 2.05) is 61.5 Å². The van der Waals surface area contributed by atoms with Gasteiger partial charge in [0, 0.05) is 6.54 Å². The molecule has 0 heterocycles. The van der Waals surface area contributed by atoms with Crippen molar-refractivity contribution < 1.29 is 9.47 Å². The van der Waals surface area contributed by atoms with Gasteiger partial charge < -0.3 is 14.4 Å². The van der Waals surface area contributed by atoms with Crippen LogP contribution in [0, 0.1) is 29.6 Å². The Hall–Kier alpha value is -3.44. The first-order valence-corrected chi connectivity index (χ1v) is 8.76. The number of ether oxygens (including phenoxy) is 2. The molecule has 0 atom stereocenters. The summed E-state index contributed by atoms with van der Waals surface area (Å²) in [7, 11) is 1.62. The maximum atomic E-state index is 8.98. The van der Waals surface area contributed by atoms with Crippen molar-refractivity contribution in [1.29, 1.82) is 10.5 Å². The van der Waals surface area contributed by atoms with Gasteiger partial charge in [-0.2, -0.15) is 10.5 Å². The van der Waals surface area contributed by atoms with Crippen LogP contribution in [0.2, 0.25) is 0 Å². The molecule has 0 aliphatic carbocycles. The van der Waals surface area contributed by atoms with Crippen molar-refractivity contribution in [2.75, 3.05) is 31.7 Å². The Bertz CT molecular complexity index is 861. The van der Waals surface area contributed by atoms with Gasteiger partial charge in [0.15, 0.2) is 0 Å². The Balaban J connectivity index is 2.21. The zero-order chi connectivity index (χ0) is 19.6. The fraction of sp³-hybridized carbons (Fsp3) is 0.273. The van der Waals surface area contributed by atoms with Crippen LogP contribution in [0.1, 0.15) is 18.1 Å². The van der Waals surface area contributed by atoms with Crippen molar-refractivity contribution >= 4 is 11.8 Å². The molecule has 0 radical (unpaired) electrons. The highest BCUT2D eigenvalue weighted by Crippen LogP contribution is 2.32. The molecule has 0 amide bonds. The van der Waals surface area contributed by atoms with E-state index in [0.717, 1.165) is 29.1 Å². The smallest absolute Gasteiger partial charge is 0.142 e. The van der Waals surface area contributed by atoms with Crippen LogP contribution in [0.4, 0.5) is 5.69 Å². The summed E-state index contributed by atoms with van der Waals surface area (Å²) in [6.45, 7) is 6.08. The molecule has 0 spiro atoms. The molecule has 0 saturated carbocycles. The average Bonchev–Trinajstić information content (AvgIpc) is 2.71. The molecule has 0 unspecified atom stereocenters. The van der Waals surface area contributed by atoms with Crippen molar-refractivity contribution in [3.63, 3.8) is 0 Å². The maximum Gasteiger partial charge on any atom is 0.142 e. The first-order valence-electron chi connectivity index (χ1n) is 8.76. The highest BCUT2D eigenvalue weighted by Gasteiger charge is 2.14. The standard InChI is InChI=1S/C22H23N3O2/c1-4-25(10-11-27-20-8-6-5-7-9-20)21-12-17(2)19(14-22(21)26-3)13-18(15-23)16-24/h5-9,12-14H,4,10-11H2,1-3H3. The molecule has 2 aromatic rings. The van der Waals surface area contributed by atoms with Crippen LogP contribution in [0.15, 0.2) is 48.0 Å². The van der Waals surface area contributed by atoms with Crippen LogP contribution in [0.5, 0.6) is 11.5 Å². The van der Waals surface area contributed by atoms with Gasteiger partial charge in [0.25, 0.3) is 0 Å². The molecule has 0 aromatic heterocycles. The Morgan fingerprint density at radius 2 is 1.85 bits per heavy atom. The lowest BCUT2D eigenvalue weighted by molar-refractivity contribution is 0.323. The van der Waals surface area contributed by atoms with Gasteiger partial charge >= 0.3 is 0 Å². The molecule has 0 bridgehead atoms. The minimum absolute atomic E-state index is 0.0662. The first kappa shape index (κ1) is 19.9. The van der Waals surface area contributed by atoms with Crippen molar-refractivity contribution in [3.8, 4) is 23.6 Å². The third-order valence-electron chi connectivity index (χ3n) is 4.20. The van der Waals surface area contributed by atoms with Gasteiger partial charge in [-0.05, 0) is 55.3 Å². The molecule has 0 aliphatic heterocycles. The molecule has 0 saturated heterocycles. The van der Waals surface area contributed by atoms with Crippen LogP contribution in [0.3, 0.4) is 0 Å². The molecule has 0 aliphatic rings. The van der Waals surface area contributed by atoms with Crippen molar-refractivity contribution in [1.82, 2.24) is 0 Å². The molecule has 138 valence electrons. The number of nitrogens with zero attached hydrogens (tertiary/aromatic N) is 3. The summed E-state index contributed by atoms with van der Waals surface area (Å²) in [6.07, 6.45) is 1.58. The van der Waals surface area contributed by atoms with Gasteiger partial charge in [-0.1, -0.05) is 18.2 Å². The van der Waals surface area contributed by atoms with Crippen LogP contribution in [-0.2, 0) is 0 Å². The summed E-state index contributed by atoms with van der Waals surface area (Å²) in [6, 6.07) is 17.4. The summed E-state index contributed by atoms with van der Waals surface area (Å²) in [5.41, 5.74) is 2.79. The molecule has 5 heteroatoms. The van der Waals surface area contributed by atoms with Gasteiger partial charge in [0.1, 0.15) is 35.8 Å². The summed E-state index contributed by atoms with van der Waals surface area (Å²) in [5, 5.41) is 18.0. The lowest BCUT2D eigenvalue weighted by Crippen LogP contribution is -2.28. The second-order valence-electron chi connectivity index (χ2n) is 5.90. The van der Waals surface area contributed by atoms with Crippen LogP contribution in [0.25, 0.3) is 6.08 Å². The number of benzene rings is 2. The monoisotopic (exact) mass is 361 g/mol. The number of aryl methyl sites for hydroxylation is 1. The highest BCUT2D eigenvalue weighted by atomic mass is 16.5. The molecular weight excluding hydrogens is 338 g/mol. The number of methoxy groups -OCH3 is 1. The Morgan fingerprint density at radius 3 is 2.44 bits per heavy atom. The number of nitriles is 2. The van der Waals surface area contributed by atoms with E-state index in [0.29, 0.717) is 18.9 Å². The lowest BCUT2D eigenvalue weighted by Gasteiger charge is -2.26. The minimum atomic E-state index is 0.0662. The van der Waals surface area contributed by atoms with Crippen molar-refractivity contribution in [2.24, 2.45) is 0 Å². The average molecular weight is 361 g/mol. The van der Waals surface area contributed by atoms with E-state index in [1.54, 1.807) is 13.2 Å². The Labute approximate surface area is 160 Å². The third-order valence-corrected chi connectivity index (χ3v) is 4.20. The van der Waals surface area contributed by atoms with Crippen LogP contribution < -0.4 is 14.4 Å². The number of rotatable bonds is 8. The van der Waals surface area contributed by atoms with Gasteiger partial charge in [0.2, 0.25) is 0 Å². The minimum Gasteiger partial charge on any atom is -0.495 e. The molecule has 5 nitrogen and oxygen atoms in total. The predicted molar refractivity (Wildman–Crippen MR) is 107 cm³/mol. The largest absolute Gasteiger partial charge is 0.495 e. The normalized spacial score (nSPS) is 9.67. The third kappa shape index (κ3) is 5.26. The second kappa shape index (κ2) is 9.89. The molecular formula is C22H23N3O2. The quantitative estimate of drug-likeness (QED) is 0.654. The molecule has 0 fully saturated rings. The number of hydrogen-bond donors (Lipinski definition) is 0. The van der Waals surface area contributed by atoms with E-state index in [-0.39, 0.29) is 5.57 Å². The number of hydrogen-bond acceptors (Lipinski definition) is 5. The maximum absolute atomic E-state index is 8.98. The lowest BCUT2D eigenvalue weighted by atomic mass is 10.0.